The minimum Gasteiger partial charge on any atom is -0.387 e. The van der Waals surface area contributed by atoms with Crippen molar-refractivity contribution < 1.29 is 28.6 Å². The van der Waals surface area contributed by atoms with Crippen molar-refractivity contribution >= 4 is 31.8 Å². The molecule has 2 saturated heterocycles. The van der Waals surface area contributed by atoms with E-state index in [0.29, 0.717) is 5.25 Å². The molecule has 2 aliphatic rings. The molecule has 0 bridgehead atoms. The van der Waals surface area contributed by atoms with Crippen LogP contribution in [0.5, 0.6) is 0 Å². The van der Waals surface area contributed by atoms with Crippen molar-refractivity contribution in [1.82, 2.24) is 15.0 Å². The number of aromatic nitrogens is 3. The summed E-state index contributed by atoms with van der Waals surface area (Å²) in [6, 6.07) is 0. The smallest absolute Gasteiger partial charge is 0.354 e. The molecule has 4 rings (SSSR count). The van der Waals surface area contributed by atoms with Crippen LogP contribution in [0.25, 0.3) is 10.8 Å². The van der Waals surface area contributed by atoms with Gasteiger partial charge in [0, 0.05) is 0 Å². The number of nitrogens with two attached hydrogens (primary N) is 1. The van der Waals surface area contributed by atoms with Gasteiger partial charge in [-0.15, -0.1) is 0 Å². The number of rotatable bonds is 1. The largest absolute Gasteiger partial charge is 0.387 e. The van der Waals surface area contributed by atoms with Crippen LogP contribution in [0.2, 0.25) is 0 Å². The Morgan fingerprint density at radius 3 is 3.09 bits per heavy atom. The summed E-state index contributed by atoms with van der Waals surface area (Å²) in [6.45, 7) is 0. The second-order valence-corrected chi connectivity index (χ2v) is 8.89. The summed E-state index contributed by atoms with van der Waals surface area (Å²) in [5.41, 5.74) is 5.18. The quantitative estimate of drug-likeness (QED) is 0.492. The van der Waals surface area contributed by atoms with E-state index in [1.54, 1.807) is 0 Å². The summed E-state index contributed by atoms with van der Waals surface area (Å²) < 4.78 is 27.3. The lowest BCUT2D eigenvalue weighted by molar-refractivity contribution is -0.164. The molecule has 0 saturated carbocycles. The third kappa shape index (κ3) is 2.41. The monoisotopic (exact) mass is 362 g/mol. The van der Waals surface area contributed by atoms with Gasteiger partial charge in [0.05, 0.1) is 5.93 Å². The normalized spacial score (nSPS) is 37.9. The van der Waals surface area contributed by atoms with E-state index in [1.165, 1.54) is 5.93 Å². The Balaban J connectivity index is 1.75. The summed E-state index contributed by atoms with van der Waals surface area (Å²) >= 11 is 0. The number of hydrogen-bond donors (Lipinski definition) is 4. The average Bonchev–Trinajstić information content (AvgIpc) is 3.00. The van der Waals surface area contributed by atoms with Crippen LogP contribution in [0.1, 0.15) is 5.85 Å². The molecule has 6 atom stereocenters. The lowest BCUT2D eigenvalue weighted by atomic mass is 10.2. The lowest BCUT2D eigenvalue weighted by Crippen LogP contribution is -2.38. The summed E-state index contributed by atoms with van der Waals surface area (Å²) in [5, 5.41) is 10.7. The molecule has 5 N–H and O–H groups in total. The highest BCUT2D eigenvalue weighted by Crippen LogP contribution is 2.57. The molecule has 23 heavy (non-hydrogen) atoms. The summed E-state index contributed by atoms with van der Waals surface area (Å²) in [6.07, 6.45) is -3.81. The predicted octanol–water partition coefficient (Wildman–Crippen LogP) is -0.339. The first-order chi connectivity index (χ1) is 10.9. The third-order valence-electron chi connectivity index (χ3n) is 3.58. The molecule has 2 fully saturated rings. The van der Waals surface area contributed by atoms with Gasteiger partial charge in [0.15, 0.2) is 18.2 Å². The second kappa shape index (κ2) is 5.09. The number of aliphatic hydroxyl groups is 1. The fourth-order valence-electron chi connectivity index (χ4n) is 2.61. The molecule has 2 aromatic heterocycles. The van der Waals surface area contributed by atoms with Crippen LogP contribution in [-0.4, -0.2) is 49.8 Å². The highest BCUT2D eigenvalue weighted by molar-refractivity contribution is 7.54. The standard InChI is InChI=1S/C10H12N4O7P2/c11-10-13-6(16)3-7(14-10)22(1-12-3)9-4(15)5-8(20-9)19-2-23(17,18)21-5/h1,4-5,8-9,15H,2H2,(H,17,18)(H3,11,13,14,16). The number of aromatic amines is 1. The van der Waals surface area contributed by atoms with Gasteiger partial charge in [-0.2, -0.15) is 0 Å². The topological polar surface area (TPSA) is 170 Å². The Kier molecular flexibility index (Phi) is 3.37. The van der Waals surface area contributed by atoms with Crippen molar-refractivity contribution in [2.45, 2.75) is 24.3 Å². The van der Waals surface area contributed by atoms with Gasteiger partial charge in [-0.3, -0.25) is 18.9 Å². The molecule has 0 amide bonds. The Morgan fingerprint density at radius 1 is 1.52 bits per heavy atom. The van der Waals surface area contributed by atoms with Gasteiger partial charge in [-0.05, 0) is 7.53 Å². The van der Waals surface area contributed by atoms with E-state index in [1.807, 2.05) is 0 Å². The Hall–Kier alpha value is -1.32. The molecule has 11 nitrogen and oxygen atoms in total. The van der Waals surface area contributed by atoms with E-state index in [2.05, 4.69) is 15.0 Å². The lowest BCUT2D eigenvalue weighted by Gasteiger charge is -2.28. The van der Waals surface area contributed by atoms with Crippen LogP contribution in [0.3, 0.4) is 0 Å². The van der Waals surface area contributed by atoms with E-state index in [0.717, 1.165) is 0 Å². The molecule has 0 aromatic carbocycles. The van der Waals surface area contributed by atoms with Crippen molar-refractivity contribution in [2.75, 3.05) is 12.1 Å². The molecular weight excluding hydrogens is 350 g/mol. The fourth-order valence-corrected chi connectivity index (χ4v) is 5.71. The van der Waals surface area contributed by atoms with Gasteiger partial charge in [0.1, 0.15) is 23.3 Å². The third-order valence-corrected chi connectivity index (χ3v) is 6.77. The first kappa shape index (κ1) is 15.2. The summed E-state index contributed by atoms with van der Waals surface area (Å²) in [5.74, 6) is 0.576. The average molecular weight is 362 g/mol. The zero-order valence-electron chi connectivity index (χ0n) is 11.4. The van der Waals surface area contributed by atoms with Gasteiger partial charge in [-0.1, -0.05) is 0 Å². The van der Waals surface area contributed by atoms with Crippen LogP contribution in [0, 0.1) is 0 Å². The summed E-state index contributed by atoms with van der Waals surface area (Å²) in [7, 11) is -5.32. The van der Waals surface area contributed by atoms with Gasteiger partial charge in [-0.25, -0.2) is 9.97 Å². The van der Waals surface area contributed by atoms with Crippen LogP contribution in [0.4, 0.5) is 5.95 Å². The number of anilines is 1. The number of H-pyrrole nitrogens is 1. The molecule has 2 aliphatic heterocycles. The Bertz CT molecular complexity index is 882. The van der Waals surface area contributed by atoms with Gasteiger partial charge in [0.25, 0.3) is 5.56 Å². The maximum atomic E-state index is 11.8. The number of nitrogens with zero attached hydrogens (tertiary/aromatic N) is 2. The molecule has 0 radical (unpaired) electrons. The molecule has 13 heteroatoms. The van der Waals surface area contributed by atoms with E-state index in [-0.39, 0.29) is 11.5 Å². The van der Waals surface area contributed by atoms with Gasteiger partial charge >= 0.3 is 7.60 Å². The fraction of sp³-hybridized carbons (Fsp3) is 0.500. The molecule has 4 heterocycles. The number of aliphatic hydroxyl groups excluding tert-OH is 1. The maximum absolute atomic E-state index is 11.8. The molecule has 6 unspecified atom stereocenters. The predicted molar refractivity (Wildman–Crippen MR) is 77.8 cm³/mol. The number of hydrogen-bond acceptors (Lipinski definition) is 9. The maximum Gasteiger partial charge on any atom is 0.354 e. The number of nitrogens with one attached hydrogen (secondary N) is 1. The molecule has 0 spiro atoms. The van der Waals surface area contributed by atoms with Gasteiger partial charge in [0.2, 0.25) is 5.95 Å². The van der Waals surface area contributed by atoms with Crippen molar-refractivity contribution in [3.8, 4) is 0 Å². The van der Waals surface area contributed by atoms with Crippen molar-refractivity contribution in [1.29, 1.82) is 0 Å². The Labute approximate surface area is 129 Å². The first-order valence-corrected chi connectivity index (χ1v) is 9.78. The van der Waals surface area contributed by atoms with Crippen LogP contribution < -0.4 is 11.3 Å². The zero-order valence-corrected chi connectivity index (χ0v) is 13.2. The van der Waals surface area contributed by atoms with Crippen molar-refractivity contribution in [2.24, 2.45) is 0 Å². The highest BCUT2D eigenvalue weighted by atomic mass is 31.2. The number of nitrogen functional groups attached to an aromatic ring is 1. The van der Waals surface area contributed by atoms with Crippen LogP contribution in [-0.2, 0) is 18.6 Å². The molecule has 0 aliphatic carbocycles. The van der Waals surface area contributed by atoms with Crippen molar-refractivity contribution in [3.63, 3.8) is 0 Å². The van der Waals surface area contributed by atoms with Crippen LogP contribution >= 0.6 is 15.1 Å². The van der Waals surface area contributed by atoms with E-state index in [4.69, 9.17) is 19.7 Å². The molecule has 124 valence electrons. The molecule has 2 aromatic rings. The second-order valence-electron chi connectivity index (χ2n) is 5.16. The number of fused-ring (bicyclic) bond motifs is 2. The first-order valence-electron chi connectivity index (χ1n) is 6.53. The summed E-state index contributed by atoms with van der Waals surface area (Å²) in [4.78, 5) is 31.7. The van der Waals surface area contributed by atoms with Crippen LogP contribution in [0.15, 0.2) is 10.7 Å². The SMILES string of the molecule is Nc1nc2c(ncp2C2OC3OCP(=O)(O)OC3C2O)c(=O)[nH]1. The minimum absolute atomic E-state index is 0.0657. The van der Waals surface area contributed by atoms with E-state index >= 15 is 0 Å². The molecular formula is C10H12N4O7P2. The highest BCUT2D eigenvalue weighted by Gasteiger charge is 2.52. The van der Waals surface area contributed by atoms with E-state index < -0.39 is 51.4 Å². The van der Waals surface area contributed by atoms with E-state index in [9.17, 15) is 19.4 Å². The number of ether oxygens (including phenoxy) is 2. The van der Waals surface area contributed by atoms with Gasteiger partial charge < -0.3 is 25.2 Å². The van der Waals surface area contributed by atoms with Crippen molar-refractivity contribution in [3.05, 3.63) is 16.3 Å². The zero-order chi connectivity index (χ0) is 16.4. The minimum atomic E-state index is -3.91. The Morgan fingerprint density at radius 2 is 2.30 bits per heavy atom.